The van der Waals surface area contributed by atoms with Crippen LogP contribution in [0.3, 0.4) is 0 Å². The molecule has 1 rings (SSSR count). The molecular weight excluding hydrogens is 169 g/mol. The third-order valence-electron chi connectivity index (χ3n) is 1.60. The average Bonchev–Trinajstić information content (AvgIpc) is 2.08. The van der Waals surface area contributed by atoms with Crippen molar-refractivity contribution in [3.63, 3.8) is 0 Å². The molecule has 0 atom stereocenters. The summed E-state index contributed by atoms with van der Waals surface area (Å²) in [6.07, 6.45) is 0.807. The van der Waals surface area contributed by atoms with Crippen molar-refractivity contribution in [2.75, 3.05) is 6.54 Å². The highest BCUT2D eigenvalue weighted by atomic mass is 16.6. The molecule has 13 heavy (non-hydrogen) atoms. The normalized spacial score (nSPS) is 9.77. The Bertz CT molecular complexity index is 250. The van der Waals surface area contributed by atoms with Gasteiger partial charge >= 0.3 is 7.32 Å². The summed E-state index contributed by atoms with van der Waals surface area (Å²) >= 11 is 0. The Kier molecular flexibility index (Phi) is 3.76. The van der Waals surface area contributed by atoms with Gasteiger partial charge in [-0.25, -0.2) is 0 Å². The third kappa shape index (κ3) is 3.46. The lowest BCUT2D eigenvalue weighted by molar-refractivity contribution is 0.288. The van der Waals surface area contributed by atoms with Gasteiger partial charge in [0.25, 0.3) is 0 Å². The van der Waals surface area contributed by atoms with Crippen LogP contribution < -0.4 is 10.4 Å². The minimum Gasteiger partial charge on any atom is -0.512 e. The summed E-state index contributed by atoms with van der Waals surface area (Å²) in [7, 11) is -1.76. The second-order valence-electron chi connectivity index (χ2n) is 2.63. The molecule has 0 spiro atoms. The van der Waals surface area contributed by atoms with E-state index in [0.717, 1.165) is 12.0 Å². The van der Waals surface area contributed by atoms with Gasteiger partial charge in [0.05, 0.1) is 0 Å². The van der Waals surface area contributed by atoms with Crippen LogP contribution in [0.25, 0.3) is 0 Å². The van der Waals surface area contributed by atoms with Gasteiger partial charge in [0.2, 0.25) is 0 Å². The molecule has 0 aromatic heterocycles. The molecule has 0 saturated heterocycles. The Balaban J connectivity index is 2.59. The van der Waals surface area contributed by atoms with E-state index in [1.165, 1.54) is 0 Å². The fraction of sp³-hybridized carbons (Fsp3) is 0.250. The monoisotopic (exact) mass is 181 g/mol. The molecule has 5 heteroatoms. The number of hydrogen-bond acceptors (Lipinski definition) is 4. The third-order valence-corrected chi connectivity index (χ3v) is 1.60. The lowest BCUT2D eigenvalue weighted by atomic mass is 10.1. The van der Waals surface area contributed by atoms with Gasteiger partial charge in [0.15, 0.2) is 0 Å². The average molecular weight is 181 g/mol. The van der Waals surface area contributed by atoms with Crippen LogP contribution in [-0.2, 0) is 6.42 Å². The van der Waals surface area contributed by atoms with E-state index in [4.69, 9.17) is 15.8 Å². The maximum atomic E-state index is 8.49. The molecule has 0 aliphatic rings. The zero-order chi connectivity index (χ0) is 9.68. The first-order chi connectivity index (χ1) is 6.22. The van der Waals surface area contributed by atoms with Crippen molar-refractivity contribution >= 4 is 7.32 Å². The highest BCUT2D eigenvalue weighted by molar-refractivity contribution is 6.33. The van der Waals surface area contributed by atoms with Gasteiger partial charge in [-0.2, -0.15) is 0 Å². The largest absolute Gasteiger partial charge is 0.707 e. The van der Waals surface area contributed by atoms with Crippen LogP contribution in [0.5, 0.6) is 5.75 Å². The van der Waals surface area contributed by atoms with Crippen molar-refractivity contribution < 1.29 is 14.7 Å². The molecule has 4 nitrogen and oxygen atoms in total. The van der Waals surface area contributed by atoms with Crippen LogP contribution in [0.2, 0.25) is 0 Å². The molecule has 0 aliphatic carbocycles. The first-order valence-corrected chi connectivity index (χ1v) is 4.04. The topological polar surface area (TPSA) is 75.7 Å². The quantitative estimate of drug-likeness (QED) is 0.549. The van der Waals surface area contributed by atoms with E-state index in [1.54, 1.807) is 12.1 Å². The summed E-state index contributed by atoms with van der Waals surface area (Å²) in [5.74, 6) is 0.427. The molecule has 0 amide bonds. The van der Waals surface area contributed by atoms with Gasteiger partial charge in [0, 0.05) is 0 Å². The second kappa shape index (κ2) is 4.86. The van der Waals surface area contributed by atoms with Crippen molar-refractivity contribution in [3.8, 4) is 5.75 Å². The lowest BCUT2D eigenvalue weighted by Crippen LogP contribution is -2.20. The van der Waals surface area contributed by atoms with Gasteiger partial charge in [-0.15, -0.1) is 0 Å². The maximum Gasteiger partial charge on any atom is 0.707 e. The molecular formula is C8H12BNO3. The predicted octanol–water partition coefficient (Wildman–Crippen LogP) is -0.464. The van der Waals surface area contributed by atoms with E-state index in [-0.39, 0.29) is 0 Å². The van der Waals surface area contributed by atoms with Gasteiger partial charge < -0.3 is 20.4 Å². The number of hydrogen-bond donors (Lipinski definition) is 3. The summed E-state index contributed by atoms with van der Waals surface area (Å²) in [6, 6.07) is 7.02. The van der Waals surface area contributed by atoms with Crippen LogP contribution in [0.1, 0.15) is 5.56 Å². The summed E-state index contributed by atoms with van der Waals surface area (Å²) in [6.45, 7) is 0.600. The molecule has 70 valence electrons. The number of nitrogens with two attached hydrogens (primary N) is 1. The Morgan fingerprint density at radius 2 is 1.85 bits per heavy atom. The van der Waals surface area contributed by atoms with E-state index in [9.17, 15) is 0 Å². The Morgan fingerprint density at radius 1 is 1.23 bits per heavy atom. The van der Waals surface area contributed by atoms with Gasteiger partial charge in [-0.05, 0) is 30.7 Å². The SMILES string of the molecule is NCCc1ccc(OB(O)O)cc1. The summed E-state index contributed by atoms with van der Waals surface area (Å²) in [5, 5.41) is 17.0. The minimum absolute atomic E-state index is 0.427. The highest BCUT2D eigenvalue weighted by Crippen LogP contribution is 2.12. The molecule has 1 aromatic carbocycles. The van der Waals surface area contributed by atoms with E-state index in [1.807, 2.05) is 12.1 Å². The van der Waals surface area contributed by atoms with Crippen LogP contribution in [0.15, 0.2) is 24.3 Å². The molecule has 1 aromatic rings. The molecule has 0 fully saturated rings. The lowest BCUT2D eigenvalue weighted by Gasteiger charge is -2.04. The molecule has 0 unspecified atom stereocenters. The summed E-state index contributed by atoms with van der Waals surface area (Å²) in [4.78, 5) is 0. The van der Waals surface area contributed by atoms with Gasteiger partial charge in [0.1, 0.15) is 5.75 Å². The molecule has 0 bridgehead atoms. The second-order valence-corrected chi connectivity index (χ2v) is 2.63. The van der Waals surface area contributed by atoms with E-state index in [2.05, 4.69) is 4.65 Å². The fourth-order valence-corrected chi connectivity index (χ4v) is 1.02. The molecule has 0 aliphatic heterocycles. The first-order valence-electron chi connectivity index (χ1n) is 4.04. The molecule has 0 heterocycles. The zero-order valence-electron chi connectivity index (χ0n) is 7.18. The van der Waals surface area contributed by atoms with Crippen LogP contribution in [0, 0.1) is 0 Å². The zero-order valence-corrected chi connectivity index (χ0v) is 7.18. The van der Waals surface area contributed by atoms with Crippen LogP contribution in [0.4, 0.5) is 0 Å². The summed E-state index contributed by atoms with van der Waals surface area (Å²) in [5.41, 5.74) is 6.47. The van der Waals surface area contributed by atoms with Gasteiger partial charge in [-0.3, -0.25) is 0 Å². The molecule has 0 radical (unpaired) electrons. The number of rotatable bonds is 4. The Labute approximate surface area is 77.1 Å². The van der Waals surface area contributed by atoms with Crippen LogP contribution >= 0.6 is 0 Å². The van der Waals surface area contributed by atoms with Gasteiger partial charge in [-0.1, -0.05) is 12.1 Å². The molecule has 0 saturated carbocycles. The van der Waals surface area contributed by atoms with Crippen molar-refractivity contribution in [1.29, 1.82) is 0 Å². The highest BCUT2D eigenvalue weighted by Gasteiger charge is 2.10. The maximum absolute atomic E-state index is 8.49. The predicted molar refractivity (Wildman–Crippen MR) is 50.0 cm³/mol. The van der Waals surface area contributed by atoms with Crippen molar-refractivity contribution in [1.82, 2.24) is 0 Å². The van der Waals surface area contributed by atoms with E-state index >= 15 is 0 Å². The first kappa shape index (κ1) is 10.0. The fourth-order valence-electron chi connectivity index (χ4n) is 1.02. The Hall–Kier alpha value is -1.04. The Morgan fingerprint density at radius 3 is 2.31 bits per heavy atom. The molecule has 4 N–H and O–H groups in total. The van der Waals surface area contributed by atoms with Crippen molar-refractivity contribution in [2.45, 2.75) is 6.42 Å². The smallest absolute Gasteiger partial charge is 0.512 e. The van der Waals surface area contributed by atoms with E-state index in [0.29, 0.717) is 12.3 Å². The standard InChI is InChI=1S/C8H12BNO3/c10-6-5-7-1-3-8(4-2-7)13-9(11)12/h1-4,11-12H,5-6,10H2. The van der Waals surface area contributed by atoms with Crippen LogP contribution in [-0.4, -0.2) is 23.9 Å². The minimum atomic E-state index is -1.76. The number of benzene rings is 1. The summed E-state index contributed by atoms with van der Waals surface area (Å²) < 4.78 is 4.63. The van der Waals surface area contributed by atoms with Crippen molar-refractivity contribution in [2.24, 2.45) is 5.73 Å². The van der Waals surface area contributed by atoms with E-state index < -0.39 is 7.32 Å². The van der Waals surface area contributed by atoms with Crippen molar-refractivity contribution in [3.05, 3.63) is 29.8 Å².